The van der Waals surface area contributed by atoms with Crippen LogP contribution in [0.25, 0.3) is 5.95 Å². The topological polar surface area (TPSA) is 114 Å². The van der Waals surface area contributed by atoms with Gasteiger partial charge in [0.25, 0.3) is 5.56 Å². The highest BCUT2D eigenvalue weighted by Gasteiger charge is 2.20. The van der Waals surface area contributed by atoms with E-state index in [0.717, 1.165) is 30.5 Å². The third-order valence-electron chi connectivity index (χ3n) is 4.61. The maximum Gasteiger partial charge on any atom is 0.324 e. The van der Waals surface area contributed by atoms with Crippen molar-refractivity contribution in [2.75, 3.05) is 17.7 Å². The van der Waals surface area contributed by atoms with Gasteiger partial charge in [0, 0.05) is 16.7 Å². The van der Waals surface area contributed by atoms with Crippen molar-refractivity contribution in [2.45, 2.75) is 26.2 Å². The molecule has 2 amide bonds. The molecule has 10 heteroatoms. The van der Waals surface area contributed by atoms with Gasteiger partial charge >= 0.3 is 6.03 Å². The van der Waals surface area contributed by atoms with Gasteiger partial charge in [-0.25, -0.2) is 9.78 Å². The van der Waals surface area contributed by atoms with Gasteiger partial charge in [0.15, 0.2) is 0 Å². The molecule has 0 fully saturated rings. The number of amides is 2. The molecule has 150 valence electrons. The Morgan fingerprint density at radius 3 is 2.90 bits per heavy atom. The number of halogens is 1. The van der Waals surface area contributed by atoms with Crippen LogP contribution in [0.3, 0.4) is 0 Å². The van der Waals surface area contributed by atoms with Crippen molar-refractivity contribution in [1.29, 1.82) is 0 Å². The minimum Gasteiger partial charge on any atom is -0.495 e. The summed E-state index contributed by atoms with van der Waals surface area (Å²) in [4.78, 5) is 32.2. The summed E-state index contributed by atoms with van der Waals surface area (Å²) in [5.41, 5.74) is 2.40. The van der Waals surface area contributed by atoms with Gasteiger partial charge < -0.3 is 10.1 Å². The molecule has 3 N–H and O–H groups in total. The molecule has 1 aliphatic carbocycles. The Balaban J connectivity index is 1.61. The second-order valence-corrected chi connectivity index (χ2v) is 7.11. The highest BCUT2D eigenvalue weighted by Crippen LogP contribution is 2.28. The normalized spacial score (nSPS) is 12.5. The van der Waals surface area contributed by atoms with Crippen LogP contribution in [0.2, 0.25) is 5.02 Å². The number of carbonyl (C=O) groups excluding carboxylic acids is 1. The predicted molar refractivity (Wildman–Crippen MR) is 109 cm³/mol. The van der Waals surface area contributed by atoms with E-state index in [4.69, 9.17) is 16.3 Å². The lowest BCUT2D eigenvalue weighted by molar-refractivity contribution is 0.262. The Hall–Kier alpha value is -3.33. The first-order chi connectivity index (χ1) is 13.9. The number of H-pyrrole nitrogens is 1. The van der Waals surface area contributed by atoms with Crippen LogP contribution in [-0.4, -0.2) is 32.9 Å². The van der Waals surface area contributed by atoms with E-state index < -0.39 is 6.03 Å². The van der Waals surface area contributed by atoms with Crippen LogP contribution in [0.4, 0.5) is 16.3 Å². The number of aromatic amines is 1. The highest BCUT2D eigenvalue weighted by molar-refractivity contribution is 6.31. The fraction of sp³-hybridized carbons (Fsp3) is 0.263. The van der Waals surface area contributed by atoms with E-state index in [9.17, 15) is 9.59 Å². The Bertz CT molecular complexity index is 1150. The molecule has 1 aliphatic rings. The van der Waals surface area contributed by atoms with Gasteiger partial charge in [-0.1, -0.05) is 11.6 Å². The van der Waals surface area contributed by atoms with Gasteiger partial charge in [-0.2, -0.15) is 9.78 Å². The molecule has 29 heavy (non-hydrogen) atoms. The van der Waals surface area contributed by atoms with Crippen LogP contribution >= 0.6 is 11.6 Å². The van der Waals surface area contributed by atoms with Crippen LogP contribution in [0.1, 0.15) is 23.4 Å². The molecule has 0 atom stereocenters. The van der Waals surface area contributed by atoms with Gasteiger partial charge in [-0.3, -0.25) is 15.1 Å². The maximum absolute atomic E-state index is 12.6. The van der Waals surface area contributed by atoms with E-state index >= 15 is 0 Å². The summed E-state index contributed by atoms with van der Waals surface area (Å²) in [6, 6.07) is 6.07. The molecule has 0 radical (unpaired) electrons. The lowest BCUT2D eigenvalue weighted by Crippen LogP contribution is -2.23. The van der Waals surface area contributed by atoms with E-state index in [1.54, 1.807) is 31.2 Å². The first-order valence-corrected chi connectivity index (χ1v) is 9.43. The summed E-state index contributed by atoms with van der Waals surface area (Å²) >= 11 is 6.00. The Morgan fingerprint density at radius 1 is 1.28 bits per heavy atom. The average Bonchev–Trinajstić information content (AvgIpc) is 3.28. The maximum atomic E-state index is 12.6. The van der Waals surface area contributed by atoms with Gasteiger partial charge in [-0.05, 0) is 44.4 Å². The molecule has 9 nitrogen and oxygen atoms in total. The van der Waals surface area contributed by atoms with Crippen LogP contribution in [0.15, 0.2) is 29.1 Å². The summed E-state index contributed by atoms with van der Waals surface area (Å²) in [6.45, 7) is 1.78. The number of nitrogens with zero attached hydrogens (tertiary/aromatic N) is 3. The molecule has 0 bridgehead atoms. The minimum absolute atomic E-state index is 0.172. The fourth-order valence-electron chi connectivity index (χ4n) is 3.33. The fourth-order valence-corrected chi connectivity index (χ4v) is 3.50. The highest BCUT2D eigenvalue weighted by atomic mass is 35.5. The number of hydrogen-bond acceptors (Lipinski definition) is 5. The number of ether oxygens (including phenoxy) is 1. The second-order valence-electron chi connectivity index (χ2n) is 6.67. The standard InChI is InChI=1S/C19H19ClN6O3/c1-10-8-16(23-19(28)22-14-9-11(20)6-7-15(14)29-2)26(25-10)18-21-13-5-3-4-12(13)17(27)24-18/h6-9H,3-5H2,1-2H3,(H,21,24,27)(H2,22,23,28). The van der Waals surface area contributed by atoms with Crippen molar-refractivity contribution < 1.29 is 9.53 Å². The zero-order valence-electron chi connectivity index (χ0n) is 15.9. The van der Waals surface area contributed by atoms with E-state index in [-0.39, 0.29) is 11.5 Å². The molecule has 0 saturated heterocycles. The molecule has 1 aromatic carbocycles. The number of methoxy groups -OCH3 is 1. The molecule has 0 spiro atoms. The number of anilines is 2. The molecular formula is C19H19ClN6O3. The number of rotatable bonds is 4. The number of benzene rings is 1. The summed E-state index contributed by atoms with van der Waals surface area (Å²) < 4.78 is 6.64. The van der Waals surface area contributed by atoms with Crippen molar-refractivity contribution in [1.82, 2.24) is 19.7 Å². The molecule has 0 aliphatic heterocycles. The van der Waals surface area contributed by atoms with Gasteiger partial charge in [0.2, 0.25) is 5.95 Å². The van der Waals surface area contributed by atoms with Crippen molar-refractivity contribution in [3.8, 4) is 11.7 Å². The third-order valence-corrected chi connectivity index (χ3v) is 4.85. The summed E-state index contributed by atoms with van der Waals surface area (Å²) in [5, 5.41) is 10.2. The van der Waals surface area contributed by atoms with Crippen LogP contribution in [0, 0.1) is 6.92 Å². The molecule has 3 aromatic rings. The predicted octanol–water partition coefficient (Wildman–Crippen LogP) is 3.06. The monoisotopic (exact) mass is 414 g/mol. The number of nitrogens with one attached hydrogen (secondary N) is 3. The molecule has 0 saturated carbocycles. The molecule has 0 unspecified atom stereocenters. The second kappa shape index (κ2) is 7.59. The summed E-state index contributed by atoms with van der Waals surface area (Å²) in [6.07, 6.45) is 2.39. The quantitative estimate of drug-likeness (QED) is 0.607. The lowest BCUT2D eigenvalue weighted by Gasteiger charge is -2.12. The largest absolute Gasteiger partial charge is 0.495 e. The Labute approximate surface area is 171 Å². The van der Waals surface area contributed by atoms with Crippen LogP contribution < -0.4 is 20.9 Å². The number of hydrogen-bond donors (Lipinski definition) is 3. The molecular weight excluding hydrogens is 396 g/mol. The first kappa shape index (κ1) is 19.0. The Kier molecular flexibility index (Phi) is 4.98. The average molecular weight is 415 g/mol. The minimum atomic E-state index is -0.518. The molecule has 2 aromatic heterocycles. The Morgan fingerprint density at radius 2 is 2.10 bits per heavy atom. The van der Waals surface area contributed by atoms with Crippen molar-refractivity contribution in [3.05, 3.63) is 56.6 Å². The summed E-state index contributed by atoms with van der Waals surface area (Å²) in [7, 11) is 1.50. The zero-order chi connectivity index (χ0) is 20.5. The smallest absolute Gasteiger partial charge is 0.324 e. The third kappa shape index (κ3) is 3.81. The van der Waals surface area contributed by atoms with Gasteiger partial charge in [0.1, 0.15) is 11.6 Å². The van der Waals surface area contributed by atoms with Crippen molar-refractivity contribution in [3.63, 3.8) is 0 Å². The number of aromatic nitrogens is 4. The van der Waals surface area contributed by atoms with E-state index in [0.29, 0.717) is 28.0 Å². The van der Waals surface area contributed by atoms with Crippen molar-refractivity contribution >= 4 is 29.1 Å². The number of carbonyl (C=O) groups is 1. The van der Waals surface area contributed by atoms with E-state index in [2.05, 4.69) is 25.7 Å². The van der Waals surface area contributed by atoms with Crippen LogP contribution in [0.5, 0.6) is 5.75 Å². The zero-order valence-corrected chi connectivity index (χ0v) is 16.6. The lowest BCUT2D eigenvalue weighted by atomic mass is 10.3. The van der Waals surface area contributed by atoms with Gasteiger partial charge in [0.05, 0.1) is 24.2 Å². The van der Waals surface area contributed by atoms with Crippen molar-refractivity contribution in [2.24, 2.45) is 0 Å². The summed E-state index contributed by atoms with van der Waals surface area (Å²) in [5.74, 6) is 1.10. The number of aryl methyl sites for hydroxylation is 2. The number of fused-ring (bicyclic) bond motifs is 1. The number of urea groups is 1. The molecule has 2 heterocycles. The van der Waals surface area contributed by atoms with E-state index in [1.807, 2.05) is 0 Å². The van der Waals surface area contributed by atoms with E-state index in [1.165, 1.54) is 11.8 Å². The van der Waals surface area contributed by atoms with Gasteiger partial charge in [-0.15, -0.1) is 0 Å². The SMILES string of the molecule is COc1ccc(Cl)cc1NC(=O)Nc1cc(C)nn1-c1nc2c(c(=O)[nH]1)CCC2. The molecule has 4 rings (SSSR count). The van der Waals surface area contributed by atoms with Crippen LogP contribution in [-0.2, 0) is 12.8 Å². The first-order valence-electron chi connectivity index (χ1n) is 9.05.